The number of ether oxygens (including phenoxy) is 1. The number of hydrogen-bond acceptors (Lipinski definition) is 4. The summed E-state index contributed by atoms with van der Waals surface area (Å²) in [6, 6.07) is 5.28. The summed E-state index contributed by atoms with van der Waals surface area (Å²) in [5.74, 6) is 0.419. The van der Waals surface area contributed by atoms with Crippen molar-refractivity contribution >= 4 is 11.6 Å². The quantitative estimate of drug-likeness (QED) is 0.924. The summed E-state index contributed by atoms with van der Waals surface area (Å²) in [5, 5.41) is 0.651. The highest BCUT2D eigenvalue weighted by atomic mass is 35.5. The smallest absolute Gasteiger partial charge is 0.237 e. The van der Waals surface area contributed by atoms with E-state index in [-0.39, 0.29) is 0 Å². The zero-order valence-electron chi connectivity index (χ0n) is 10.2. The van der Waals surface area contributed by atoms with Crippen LogP contribution in [0.25, 0.3) is 0 Å². The Bertz CT molecular complexity index is 560. The first-order chi connectivity index (χ1) is 8.65. The summed E-state index contributed by atoms with van der Waals surface area (Å²) in [6.07, 6.45) is 3.15. The Hall–Kier alpha value is -1.65. The molecular weight excluding hydrogens is 250 g/mol. The molecule has 2 N–H and O–H groups in total. The van der Waals surface area contributed by atoms with Crippen molar-refractivity contribution in [1.82, 2.24) is 9.97 Å². The van der Waals surface area contributed by atoms with Gasteiger partial charge in [0.1, 0.15) is 5.69 Å². The van der Waals surface area contributed by atoms with Gasteiger partial charge in [-0.15, -0.1) is 0 Å². The number of aryl methyl sites for hydroxylation is 1. The van der Waals surface area contributed by atoms with Crippen LogP contribution in [0.5, 0.6) is 5.88 Å². The average molecular weight is 264 g/mol. The molecule has 1 heterocycles. The second-order valence-corrected chi connectivity index (χ2v) is 4.28. The number of hydrogen-bond donors (Lipinski definition) is 1. The van der Waals surface area contributed by atoms with Crippen LogP contribution in [0, 0.1) is 6.92 Å². The monoisotopic (exact) mass is 263 g/mol. The number of rotatable bonds is 3. The summed E-state index contributed by atoms with van der Waals surface area (Å²) in [5.41, 5.74) is 8.57. The van der Waals surface area contributed by atoms with E-state index in [0.29, 0.717) is 16.6 Å². The fourth-order valence-electron chi connectivity index (χ4n) is 1.76. The highest BCUT2D eigenvalue weighted by Gasteiger charge is 2.19. The van der Waals surface area contributed by atoms with E-state index in [1.807, 2.05) is 25.1 Å². The van der Waals surface area contributed by atoms with Gasteiger partial charge in [-0.1, -0.05) is 29.8 Å². The predicted molar refractivity (Wildman–Crippen MR) is 70.8 cm³/mol. The van der Waals surface area contributed by atoms with E-state index in [4.69, 9.17) is 22.1 Å². The first-order valence-electron chi connectivity index (χ1n) is 5.50. The summed E-state index contributed by atoms with van der Waals surface area (Å²) in [7, 11) is 1.54. The zero-order chi connectivity index (χ0) is 13.1. The van der Waals surface area contributed by atoms with Crippen LogP contribution < -0.4 is 10.5 Å². The molecule has 4 nitrogen and oxygen atoms in total. The van der Waals surface area contributed by atoms with Gasteiger partial charge in [0.05, 0.1) is 13.2 Å². The Balaban J connectivity index is 2.48. The Morgan fingerprint density at radius 1 is 1.28 bits per heavy atom. The fraction of sp³-hybridized carbons (Fsp3) is 0.231. The number of halogens is 1. The third-order valence-corrected chi connectivity index (χ3v) is 3.25. The molecule has 0 radical (unpaired) electrons. The van der Waals surface area contributed by atoms with Crippen molar-refractivity contribution in [2.75, 3.05) is 7.11 Å². The molecule has 0 aliphatic heterocycles. The highest BCUT2D eigenvalue weighted by Crippen LogP contribution is 2.30. The minimum atomic E-state index is -0.457. The molecule has 0 aliphatic rings. The summed E-state index contributed by atoms with van der Waals surface area (Å²) < 4.78 is 5.16. The number of nitrogens with two attached hydrogens (primary N) is 1. The van der Waals surface area contributed by atoms with E-state index < -0.39 is 6.04 Å². The topological polar surface area (TPSA) is 61.0 Å². The molecule has 1 unspecified atom stereocenters. The molecule has 0 saturated heterocycles. The van der Waals surface area contributed by atoms with Crippen LogP contribution in [0.1, 0.15) is 22.9 Å². The number of benzene rings is 1. The molecule has 0 amide bonds. The molecule has 0 bridgehead atoms. The van der Waals surface area contributed by atoms with Crippen molar-refractivity contribution in [3.63, 3.8) is 0 Å². The molecule has 18 heavy (non-hydrogen) atoms. The molecule has 5 heteroatoms. The summed E-state index contributed by atoms with van der Waals surface area (Å²) in [4.78, 5) is 8.31. The van der Waals surface area contributed by atoms with Gasteiger partial charge in [-0.25, -0.2) is 4.98 Å². The van der Waals surface area contributed by atoms with Crippen LogP contribution in [-0.2, 0) is 0 Å². The maximum absolute atomic E-state index is 6.26. The average Bonchev–Trinajstić information content (AvgIpc) is 2.41. The molecule has 0 fully saturated rings. The van der Waals surface area contributed by atoms with Crippen molar-refractivity contribution in [2.45, 2.75) is 13.0 Å². The summed E-state index contributed by atoms with van der Waals surface area (Å²) in [6.45, 7) is 1.94. The van der Waals surface area contributed by atoms with Gasteiger partial charge < -0.3 is 10.5 Å². The molecule has 1 aromatic carbocycles. The lowest BCUT2D eigenvalue weighted by Gasteiger charge is -2.16. The summed E-state index contributed by atoms with van der Waals surface area (Å²) >= 11 is 6.26. The van der Waals surface area contributed by atoms with Crippen LogP contribution >= 0.6 is 11.6 Å². The molecule has 2 aromatic rings. The van der Waals surface area contributed by atoms with E-state index in [2.05, 4.69) is 9.97 Å². The van der Waals surface area contributed by atoms with E-state index in [1.165, 1.54) is 7.11 Å². The van der Waals surface area contributed by atoms with Crippen LogP contribution in [0.4, 0.5) is 0 Å². The van der Waals surface area contributed by atoms with Gasteiger partial charge in [0.15, 0.2) is 0 Å². The SMILES string of the molecule is COc1nccnc1C(N)c1cccc(C)c1Cl. The fourth-order valence-corrected chi connectivity index (χ4v) is 2.01. The lowest BCUT2D eigenvalue weighted by atomic mass is 10.0. The molecule has 1 aromatic heterocycles. The third-order valence-electron chi connectivity index (χ3n) is 2.74. The minimum absolute atomic E-state index is 0.419. The number of methoxy groups -OCH3 is 1. The van der Waals surface area contributed by atoms with Crippen LogP contribution in [0.15, 0.2) is 30.6 Å². The second kappa shape index (κ2) is 5.33. The third kappa shape index (κ3) is 2.30. The standard InChI is InChI=1S/C13H14ClN3O/c1-8-4-3-5-9(10(8)14)11(15)12-13(18-2)17-7-6-16-12/h3-7,11H,15H2,1-2H3. The molecule has 1 atom stereocenters. The maximum atomic E-state index is 6.26. The molecule has 0 spiro atoms. The Morgan fingerprint density at radius 2 is 2.00 bits per heavy atom. The maximum Gasteiger partial charge on any atom is 0.237 e. The zero-order valence-corrected chi connectivity index (χ0v) is 11.0. The molecule has 2 rings (SSSR count). The Morgan fingerprint density at radius 3 is 2.72 bits per heavy atom. The van der Waals surface area contributed by atoms with Gasteiger partial charge in [0.2, 0.25) is 5.88 Å². The van der Waals surface area contributed by atoms with Crippen LogP contribution in [0.3, 0.4) is 0 Å². The van der Waals surface area contributed by atoms with E-state index >= 15 is 0 Å². The molecular formula is C13H14ClN3O. The lowest BCUT2D eigenvalue weighted by Crippen LogP contribution is -2.16. The first-order valence-corrected chi connectivity index (χ1v) is 5.88. The lowest BCUT2D eigenvalue weighted by molar-refractivity contribution is 0.387. The van der Waals surface area contributed by atoms with Gasteiger partial charge in [-0.05, 0) is 18.1 Å². The van der Waals surface area contributed by atoms with E-state index in [0.717, 1.165) is 11.1 Å². The van der Waals surface area contributed by atoms with Crippen molar-refractivity contribution in [1.29, 1.82) is 0 Å². The largest absolute Gasteiger partial charge is 0.480 e. The van der Waals surface area contributed by atoms with Crippen molar-refractivity contribution < 1.29 is 4.74 Å². The van der Waals surface area contributed by atoms with Gasteiger partial charge in [-0.3, -0.25) is 4.98 Å². The van der Waals surface area contributed by atoms with Gasteiger partial charge in [-0.2, -0.15) is 0 Å². The van der Waals surface area contributed by atoms with Crippen LogP contribution in [0.2, 0.25) is 5.02 Å². The number of aromatic nitrogens is 2. The molecule has 0 aliphatic carbocycles. The first kappa shape index (κ1) is 12.8. The second-order valence-electron chi connectivity index (χ2n) is 3.91. The normalized spacial score (nSPS) is 12.2. The molecule has 0 saturated carbocycles. The predicted octanol–water partition coefficient (Wildman–Crippen LogP) is 2.50. The highest BCUT2D eigenvalue weighted by molar-refractivity contribution is 6.32. The van der Waals surface area contributed by atoms with E-state index in [1.54, 1.807) is 12.4 Å². The van der Waals surface area contributed by atoms with Crippen molar-refractivity contribution in [3.05, 3.63) is 52.4 Å². The van der Waals surface area contributed by atoms with Crippen molar-refractivity contribution in [2.24, 2.45) is 5.73 Å². The number of nitrogens with zero attached hydrogens (tertiary/aromatic N) is 2. The van der Waals surface area contributed by atoms with Gasteiger partial charge >= 0.3 is 0 Å². The van der Waals surface area contributed by atoms with Gasteiger partial charge in [0, 0.05) is 17.4 Å². The Kier molecular flexibility index (Phi) is 3.79. The Labute approximate surface area is 111 Å². The molecule has 94 valence electrons. The van der Waals surface area contributed by atoms with Crippen molar-refractivity contribution in [3.8, 4) is 5.88 Å². The van der Waals surface area contributed by atoms with Gasteiger partial charge in [0.25, 0.3) is 0 Å². The van der Waals surface area contributed by atoms with E-state index in [9.17, 15) is 0 Å². The minimum Gasteiger partial charge on any atom is -0.480 e. The van der Waals surface area contributed by atoms with Crippen LogP contribution in [-0.4, -0.2) is 17.1 Å².